The molecule has 0 radical (unpaired) electrons. The molecule has 1 aromatic heterocycles. The zero-order valence-corrected chi connectivity index (χ0v) is 10.7. The number of aromatic nitrogens is 2. The van der Waals surface area contributed by atoms with Gasteiger partial charge in [-0.05, 0) is 49.3 Å². The van der Waals surface area contributed by atoms with Gasteiger partial charge in [-0.1, -0.05) is 12.8 Å². The van der Waals surface area contributed by atoms with Crippen LogP contribution in [0.2, 0.25) is 5.28 Å². The minimum Gasteiger partial charge on any atom is -0.353 e. The first-order chi connectivity index (χ1) is 8.34. The summed E-state index contributed by atoms with van der Waals surface area (Å²) in [7, 11) is 0. The normalized spacial score (nSPS) is 28.9. The number of nitrogens with zero attached hydrogens (tertiary/aromatic N) is 3. The molecule has 1 aliphatic carbocycles. The predicted molar refractivity (Wildman–Crippen MR) is 69.4 cm³/mol. The number of hydrogen-bond acceptors (Lipinski definition) is 3. The van der Waals surface area contributed by atoms with E-state index in [4.69, 9.17) is 11.6 Å². The summed E-state index contributed by atoms with van der Waals surface area (Å²) in [6, 6.07) is 2.67. The minimum absolute atomic E-state index is 0.362. The van der Waals surface area contributed by atoms with Crippen LogP contribution in [0.25, 0.3) is 0 Å². The maximum Gasteiger partial charge on any atom is 0.224 e. The average Bonchev–Trinajstić information content (AvgIpc) is 2.38. The standard InChI is InChI=1S/C13H18ClN3/c14-13-15-8-7-12(16-13)17-9-3-5-10-4-1-2-6-11(10)17/h7-8,10-11H,1-6,9H2/t10-,11+/m0/s1. The molecule has 2 aliphatic rings. The van der Waals surface area contributed by atoms with Crippen molar-refractivity contribution in [2.24, 2.45) is 5.92 Å². The molecule has 0 N–H and O–H groups in total. The summed E-state index contributed by atoms with van der Waals surface area (Å²) < 4.78 is 0. The molecule has 2 atom stereocenters. The van der Waals surface area contributed by atoms with E-state index in [1.165, 1.54) is 38.5 Å². The van der Waals surface area contributed by atoms with E-state index in [9.17, 15) is 0 Å². The smallest absolute Gasteiger partial charge is 0.224 e. The van der Waals surface area contributed by atoms with Gasteiger partial charge in [0.05, 0.1) is 0 Å². The van der Waals surface area contributed by atoms with E-state index < -0.39 is 0 Å². The lowest BCUT2D eigenvalue weighted by Gasteiger charge is -2.44. The Labute approximate surface area is 107 Å². The molecule has 1 saturated heterocycles. The molecular formula is C13H18ClN3. The van der Waals surface area contributed by atoms with Gasteiger partial charge >= 0.3 is 0 Å². The van der Waals surface area contributed by atoms with E-state index in [1.807, 2.05) is 6.07 Å². The maximum absolute atomic E-state index is 5.89. The molecule has 1 aromatic rings. The Morgan fingerprint density at radius 1 is 1.18 bits per heavy atom. The molecular weight excluding hydrogens is 234 g/mol. The van der Waals surface area contributed by atoms with E-state index in [2.05, 4.69) is 14.9 Å². The minimum atomic E-state index is 0.362. The predicted octanol–water partition coefficient (Wildman–Crippen LogP) is 3.29. The lowest BCUT2D eigenvalue weighted by Crippen LogP contribution is -2.47. The lowest BCUT2D eigenvalue weighted by molar-refractivity contribution is 0.242. The SMILES string of the molecule is Clc1nccc(N2CCC[C@@H]3CCCC[C@H]32)n1. The van der Waals surface area contributed by atoms with Gasteiger partial charge in [-0.15, -0.1) is 0 Å². The van der Waals surface area contributed by atoms with Gasteiger partial charge in [-0.25, -0.2) is 9.97 Å². The van der Waals surface area contributed by atoms with Crippen molar-refractivity contribution in [2.75, 3.05) is 11.4 Å². The molecule has 0 amide bonds. The number of fused-ring (bicyclic) bond motifs is 1. The van der Waals surface area contributed by atoms with Gasteiger partial charge in [-0.3, -0.25) is 0 Å². The van der Waals surface area contributed by atoms with Crippen molar-refractivity contribution in [2.45, 2.75) is 44.6 Å². The van der Waals surface area contributed by atoms with Crippen LogP contribution in [0.3, 0.4) is 0 Å². The number of hydrogen-bond donors (Lipinski definition) is 0. The van der Waals surface area contributed by atoms with Crippen molar-refractivity contribution in [3.05, 3.63) is 17.5 Å². The monoisotopic (exact) mass is 251 g/mol. The van der Waals surface area contributed by atoms with Crippen LogP contribution in [0, 0.1) is 5.92 Å². The van der Waals surface area contributed by atoms with Gasteiger partial charge in [0.15, 0.2) is 0 Å². The van der Waals surface area contributed by atoms with Gasteiger partial charge < -0.3 is 4.90 Å². The molecule has 1 aliphatic heterocycles. The summed E-state index contributed by atoms with van der Waals surface area (Å²) in [5, 5.41) is 0.362. The van der Waals surface area contributed by atoms with Crippen molar-refractivity contribution < 1.29 is 0 Å². The number of rotatable bonds is 1. The second-order valence-electron chi connectivity index (χ2n) is 5.13. The summed E-state index contributed by atoms with van der Waals surface area (Å²) in [6.45, 7) is 1.12. The van der Waals surface area contributed by atoms with Crippen molar-refractivity contribution >= 4 is 17.4 Å². The Hall–Kier alpha value is -0.830. The van der Waals surface area contributed by atoms with Crippen LogP contribution in [0.4, 0.5) is 5.82 Å². The molecule has 0 unspecified atom stereocenters. The Kier molecular flexibility index (Phi) is 3.19. The molecule has 3 rings (SSSR count). The van der Waals surface area contributed by atoms with Crippen LogP contribution in [0.5, 0.6) is 0 Å². The van der Waals surface area contributed by atoms with E-state index >= 15 is 0 Å². The number of anilines is 1. The van der Waals surface area contributed by atoms with Gasteiger partial charge in [-0.2, -0.15) is 0 Å². The summed E-state index contributed by atoms with van der Waals surface area (Å²) in [5.74, 6) is 1.88. The molecule has 3 nitrogen and oxygen atoms in total. The molecule has 17 heavy (non-hydrogen) atoms. The van der Waals surface area contributed by atoms with E-state index in [0.29, 0.717) is 11.3 Å². The zero-order valence-electron chi connectivity index (χ0n) is 9.98. The Balaban J connectivity index is 1.85. The molecule has 4 heteroatoms. The molecule has 2 heterocycles. The average molecular weight is 252 g/mol. The summed E-state index contributed by atoms with van der Waals surface area (Å²) in [4.78, 5) is 10.8. The van der Waals surface area contributed by atoms with Crippen molar-refractivity contribution in [3.8, 4) is 0 Å². The van der Waals surface area contributed by atoms with Crippen LogP contribution < -0.4 is 4.90 Å². The van der Waals surface area contributed by atoms with Gasteiger partial charge in [0.1, 0.15) is 5.82 Å². The third-order valence-corrected chi connectivity index (χ3v) is 4.33. The van der Waals surface area contributed by atoms with Crippen LogP contribution in [0.1, 0.15) is 38.5 Å². The van der Waals surface area contributed by atoms with Gasteiger partial charge in [0.25, 0.3) is 0 Å². The fourth-order valence-electron chi connectivity index (χ4n) is 3.40. The Bertz CT molecular complexity index is 394. The molecule has 0 bridgehead atoms. The zero-order chi connectivity index (χ0) is 11.7. The molecule has 0 spiro atoms. The topological polar surface area (TPSA) is 29.0 Å². The highest BCUT2D eigenvalue weighted by molar-refractivity contribution is 6.28. The molecule has 2 fully saturated rings. The highest BCUT2D eigenvalue weighted by Gasteiger charge is 2.33. The van der Waals surface area contributed by atoms with E-state index in [0.717, 1.165) is 18.3 Å². The Morgan fingerprint density at radius 2 is 2.00 bits per heavy atom. The summed E-state index contributed by atoms with van der Waals surface area (Å²) in [6.07, 6.45) is 9.89. The molecule has 92 valence electrons. The summed E-state index contributed by atoms with van der Waals surface area (Å²) in [5.41, 5.74) is 0. The highest BCUT2D eigenvalue weighted by Crippen LogP contribution is 2.37. The van der Waals surface area contributed by atoms with Crippen LogP contribution in [0.15, 0.2) is 12.3 Å². The third kappa shape index (κ3) is 2.25. The fourth-order valence-corrected chi connectivity index (χ4v) is 3.54. The lowest BCUT2D eigenvalue weighted by atomic mass is 9.78. The Morgan fingerprint density at radius 3 is 2.88 bits per heavy atom. The van der Waals surface area contributed by atoms with Gasteiger partial charge in [0, 0.05) is 18.8 Å². The van der Waals surface area contributed by atoms with E-state index in [-0.39, 0.29) is 0 Å². The number of halogens is 1. The largest absolute Gasteiger partial charge is 0.353 e. The quantitative estimate of drug-likeness (QED) is 0.718. The van der Waals surface area contributed by atoms with Crippen LogP contribution in [-0.4, -0.2) is 22.6 Å². The second kappa shape index (κ2) is 4.81. The van der Waals surface area contributed by atoms with Crippen LogP contribution >= 0.6 is 11.6 Å². The first-order valence-electron chi connectivity index (χ1n) is 6.60. The van der Waals surface area contributed by atoms with Crippen molar-refractivity contribution in [1.82, 2.24) is 9.97 Å². The second-order valence-corrected chi connectivity index (χ2v) is 5.47. The molecule has 0 aromatic carbocycles. The number of piperidine rings is 1. The first kappa shape index (κ1) is 11.3. The highest BCUT2D eigenvalue weighted by atomic mass is 35.5. The van der Waals surface area contributed by atoms with Crippen molar-refractivity contribution in [1.29, 1.82) is 0 Å². The van der Waals surface area contributed by atoms with E-state index in [1.54, 1.807) is 6.20 Å². The molecule has 1 saturated carbocycles. The summed E-state index contributed by atoms with van der Waals surface area (Å²) >= 11 is 5.89. The third-order valence-electron chi connectivity index (χ3n) is 4.15. The maximum atomic E-state index is 5.89. The fraction of sp³-hybridized carbons (Fsp3) is 0.692. The van der Waals surface area contributed by atoms with Gasteiger partial charge in [0.2, 0.25) is 5.28 Å². The first-order valence-corrected chi connectivity index (χ1v) is 6.97. The van der Waals surface area contributed by atoms with Crippen molar-refractivity contribution in [3.63, 3.8) is 0 Å². The van der Waals surface area contributed by atoms with Crippen LogP contribution in [-0.2, 0) is 0 Å².